The molecule has 0 fully saturated rings. The number of fused-ring (bicyclic) bond motifs is 1. The molecule has 2 amide bonds. The van der Waals surface area contributed by atoms with Crippen LogP contribution in [0.2, 0.25) is 0 Å². The van der Waals surface area contributed by atoms with Crippen LogP contribution in [-0.4, -0.2) is 49.7 Å². The van der Waals surface area contributed by atoms with Gasteiger partial charge in [-0.25, -0.2) is 9.59 Å². The Kier molecular flexibility index (Phi) is 7.93. The van der Waals surface area contributed by atoms with Gasteiger partial charge in [0, 0.05) is 31.6 Å². The number of allylic oxidation sites excluding steroid dienone is 2. The smallest absolute Gasteiger partial charge is 0.341 e. The first-order valence-electron chi connectivity index (χ1n) is 10.6. The lowest BCUT2D eigenvalue weighted by molar-refractivity contribution is -0.154. The Balaban J connectivity index is 2.37. The van der Waals surface area contributed by atoms with Gasteiger partial charge in [-0.2, -0.15) is 0 Å². The summed E-state index contributed by atoms with van der Waals surface area (Å²) in [5.41, 5.74) is 3.46. The van der Waals surface area contributed by atoms with E-state index >= 15 is 0 Å². The number of anilines is 1. The van der Waals surface area contributed by atoms with Crippen molar-refractivity contribution in [1.82, 2.24) is 4.90 Å². The van der Waals surface area contributed by atoms with Gasteiger partial charge in [-0.3, -0.25) is 4.79 Å². The largest absolute Gasteiger partial charge is 0.496 e. The number of esters is 2. The molecule has 0 aliphatic carbocycles. The molecule has 1 N–H and O–H groups in total. The van der Waals surface area contributed by atoms with Crippen molar-refractivity contribution in [2.24, 2.45) is 0 Å². The minimum atomic E-state index is -0.516. The van der Waals surface area contributed by atoms with Crippen LogP contribution < -0.4 is 10.1 Å². The highest BCUT2D eigenvalue weighted by atomic mass is 16.6. The van der Waals surface area contributed by atoms with E-state index in [-0.39, 0.29) is 25.0 Å². The predicted octanol–water partition coefficient (Wildman–Crippen LogP) is 4.38. The van der Waals surface area contributed by atoms with Crippen LogP contribution >= 0.6 is 0 Å². The molecule has 0 unspecified atom stereocenters. The lowest BCUT2D eigenvalue weighted by Gasteiger charge is -2.21. The quantitative estimate of drug-likeness (QED) is 0.493. The number of cyclic esters (lactones) is 1. The second-order valence-electron chi connectivity index (χ2n) is 9.11. The highest BCUT2D eigenvalue weighted by molar-refractivity contribution is 6.05. The van der Waals surface area contributed by atoms with Crippen molar-refractivity contribution in [3.05, 3.63) is 33.9 Å². The minimum absolute atomic E-state index is 0.145. The average Bonchev–Trinajstić information content (AvgIpc) is 3.07. The van der Waals surface area contributed by atoms with Crippen LogP contribution in [-0.2, 0) is 27.3 Å². The molecule has 0 aromatic heterocycles. The third-order valence-corrected chi connectivity index (χ3v) is 5.11. The van der Waals surface area contributed by atoms with E-state index in [0.717, 1.165) is 16.7 Å². The van der Waals surface area contributed by atoms with E-state index in [9.17, 15) is 14.4 Å². The van der Waals surface area contributed by atoms with Gasteiger partial charge in [-0.05, 0) is 53.0 Å². The molecule has 0 atom stereocenters. The van der Waals surface area contributed by atoms with Crippen molar-refractivity contribution in [2.45, 2.75) is 66.1 Å². The zero-order valence-corrected chi connectivity index (χ0v) is 20.3. The highest BCUT2D eigenvalue weighted by Gasteiger charge is 2.32. The summed E-state index contributed by atoms with van der Waals surface area (Å²) in [7, 11) is 4.81. The lowest BCUT2D eigenvalue weighted by Crippen LogP contribution is -2.29. The van der Waals surface area contributed by atoms with Gasteiger partial charge in [0.2, 0.25) is 0 Å². The molecule has 176 valence electrons. The van der Waals surface area contributed by atoms with Crippen molar-refractivity contribution in [2.75, 3.05) is 26.5 Å². The standard InChI is InChI=1S/C24H34N2O6/c1-14(10-12-18(27)32-24(3,4)5)9-11-16-20(25-23(29)26(6)7)19-17(13-31-22(19)28)15(2)21(16)30-8/h9H,10-13H2,1-8H3,(H,25,29)/b14-9+. The Morgan fingerprint density at radius 1 is 1.22 bits per heavy atom. The molecule has 1 aromatic carbocycles. The van der Waals surface area contributed by atoms with Gasteiger partial charge in [-0.1, -0.05) is 11.6 Å². The summed E-state index contributed by atoms with van der Waals surface area (Å²) in [4.78, 5) is 38.3. The van der Waals surface area contributed by atoms with Crippen LogP contribution in [0.4, 0.5) is 10.5 Å². The van der Waals surface area contributed by atoms with Crippen molar-refractivity contribution in [3.63, 3.8) is 0 Å². The molecular weight excluding hydrogens is 412 g/mol. The maximum absolute atomic E-state index is 12.5. The van der Waals surface area contributed by atoms with Crippen molar-refractivity contribution in [1.29, 1.82) is 0 Å². The predicted molar refractivity (Wildman–Crippen MR) is 122 cm³/mol. The summed E-state index contributed by atoms with van der Waals surface area (Å²) in [6, 6.07) is -0.357. The zero-order chi connectivity index (χ0) is 24.2. The van der Waals surface area contributed by atoms with Crippen LogP contribution in [0.25, 0.3) is 0 Å². The number of urea groups is 1. The summed E-state index contributed by atoms with van der Waals surface area (Å²) in [5.74, 6) is -0.114. The van der Waals surface area contributed by atoms with E-state index in [1.54, 1.807) is 21.2 Å². The van der Waals surface area contributed by atoms with Crippen LogP contribution in [0.15, 0.2) is 11.6 Å². The number of methoxy groups -OCH3 is 1. The van der Waals surface area contributed by atoms with E-state index in [1.807, 2.05) is 40.7 Å². The molecule has 1 aliphatic heterocycles. The first-order valence-corrected chi connectivity index (χ1v) is 10.6. The number of nitrogens with zero attached hydrogens (tertiary/aromatic N) is 1. The number of carbonyl (C=O) groups is 3. The number of carbonyl (C=O) groups excluding carboxylic acids is 3. The summed E-state index contributed by atoms with van der Waals surface area (Å²) < 4.78 is 16.3. The fourth-order valence-corrected chi connectivity index (χ4v) is 3.48. The topological polar surface area (TPSA) is 94.2 Å². The van der Waals surface area contributed by atoms with Crippen LogP contribution in [0.1, 0.15) is 67.6 Å². The molecule has 0 bridgehead atoms. The summed E-state index contributed by atoms with van der Waals surface area (Å²) in [6.45, 7) is 9.47. The normalized spacial score (nSPS) is 13.4. The Hall–Kier alpha value is -3.03. The maximum atomic E-state index is 12.5. The average molecular weight is 447 g/mol. The Morgan fingerprint density at radius 2 is 1.88 bits per heavy atom. The van der Waals surface area contributed by atoms with Gasteiger partial charge in [0.25, 0.3) is 0 Å². The monoisotopic (exact) mass is 446 g/mol. The van der Waals surface area contributed by atoms with Crippen LogP contribution in [0.3, 0.4) is 0 Å². The fraction of sp³-hybridized carbons (Fsp3) is 0.542. The number of benzene rings is 1. The first-order chi connectivity index (χ1) is 14.9. The third-order valence-electron chi connectivity index (χ3n) is 5.11. The Morgan fingerprint density at radius 3 is 2.44 bits per heavy atom. The number of ether oxygens (including phenoxy) is 3. The molecular formula is C24H34N2O6. The number of hydrogen-bond donors (Lipinski definition) is 1. The molecule has 8 nitrogen and oxygen atoms in total. The van der Waals surface area contributed by atoms with Gasteiger partial charge < -0.3 is 24.4 Å². The molecule has 2 rings (SSSR count). The van der Waals surface area contributed by atoms with E-state index in [2.05, 4.69) is 5.32 Å². The molecule has 0 saturated heterocycles. The molecule has 0 radical (unpaired) electrons. The van der Waals surface area contributed by atoms with Gasteiger partial charge in [0.05, 0.1) is 18.4 Å². The number of hydrogen-bond acceptors (Lipinski definition) is 6. The first kappa shape index (κ1) is 25.2. The van der Waals surface area contributed by atoms with E-state index < -0.39 is 11.6 Å². The summed E-state index contributed by atoms with van der Waals surface area (Å²) in [5, 5.41) is 2.85. The number of rotatable bonds is 7. The second-order valence-corrected chi connectivity index (χ2v) is 9.11. The van der Waals surface area contributed by atoms with E-state index in [0.29, 0.717) is 35.4 Å². The molecule has 8 heteroatoms. The molecule has 1 aliphatic rings. The lowest BCUT2D eigenvalue weighted by atomic mass is 9.93. The zero-order valence-electron chi connectivity index (χ0n) is 20.3. The van der Waals surface area contributed by atoms with E-state index in [4.69, 9.17) is 14.2 Å². The summed E-state index contributed by atoms with van der Waals surface area (Å²) in [6.07, 6.45) is 3.20. The van der Waals surface area contributed by atoms with Crippen LogP contribution in [0.5, 0.6) is 5.75 Å². The SMILES string of the molecule is COc1c(C)c2c(c(NC(=O)N(C)C)c1C/C=C(\C)CCC(=O)OC(C)(C)C)C(=O)OC2. The van der Waals surface area contributed by atoms with Crippen molar-refractivity contribution in [3.8, 4) is 5.75 Å². The van der Waals surface area contributed by atoms with Crippen molar-refractivity contribution < 1.29 is 28.6 Å². The second kappa shape index (κ2) is 10.1. The van der Waals surface area contributed by atoms with Gasteiger partial charge in [0.1, 0.15) is 18.0 Å². The third kappa shape index (κ3) is 6.02. The van der Waals surface area contributed by atoms with Crippen LogP contribution in [0, 0.1) is 6.92 Å². The van der Waals surface area contributed by atoms with Gasteiger partial charge in [-0.15, -0.1) is 0 Å². The fourth-order valence-electron chi connectivity index (χ4n) is 3.48. The Bertz CT molecular complexity index is 941. The molecule has 0 saturated carbocycles. The summed E-state index contributed by atoms with van der Waals surface area (Å²) >= 11 is 0. The molecule has 1 heterocycles. The Labute approximate surface area is 189 Å². The van der Waals surface area contributed by atoms with E-state index in [1.165, 1.54) is 4.90 Å². The van der Waals surface area contributed by atoms with Gasteiger partial charge >= 0.3 is 18.0 Å². The molecule has 32 heavy (non-hydrogen) atoms. The number of nitrogens with one attached hydrogen (secondary N) is 1. The number of amides is 2. The van der Waals surface area contributed by atoms with Crippen molar-refractivity contribution >= 4 is 23.7 Å². The maximum Gasteiger partial charge on any atom is 0.341 e. The molecule has 1 aromatic rings. The van der Waals surface area contributed by atoms with Gasteiger partial charge in [0.15, 0.2) is 0 Å². The molecule has 0 spiro atoms. The highest BCUT2D eigenvalue weighted by Crippen LogP contribution is 2.41. The minimum Gasteiger partial charge on any atom is -0.496 e.